The van der Waals surface area contributed by atoms with E-state index in [1.54, 1.807) is 6.92 Å². The van der Waals surface area contributed by atoms with E-state index in [9.17, 15) is 26.7 Å². The van der Waals surface area contributed by atoms with Gasteiger partial charge in [0.15, 0.2) is 0 Å². The molecule has 1 amide bonds. The Kier molecular flexibility index (Phi) is 6.75. The summed E-state index contributed by atoms with van der Waals surface area (Å²) in [6, 6.07) is 1.57. The van der Waals surface area contributed by atoms with Crippen LogP contribution in [0.2, 0.25) is 0 Å². The molecule has 1 N–H and O–H groups in total. The number of carbonyl (C=O) groups excluding carboxylic acids is 1. The third-order valence-corrected chi connectivity index (χ3v) is 5.22. The normalized spacial score (nSPS) is 17.8. The van der Waals surface area contributed by atoms with Crippen molar-refractivity contribution in [1.82, 2.24) is 24.8 Å². The summed E-state index contributed by atoms with van der Waals surface area (Å²) in [4.78, 5) is 25.2. The van der Waals surface area contributed by atoms with Crippen molar-refractivity contribution in [3.05, 3.63) is 53.4 Å². The van der Waals surface area contributed by atoms with Gasteiger partial charge in [0, 0.05) is 6.20 Å². The number of nitrogens with zero attached hydrogens (tertiary/aromatic N) is 4. The topological polar surface area (TPSA) is 91.2 Å². The lowest BCUT2D eigenvalue weighted by atomic mass is 10.1. The molecule has 2 atom stereocenters. The molecule has 0 aliphatic carbocycles. The van der Waals surface area contributed by atoms with Gasteiger partial charge in [-0.15, -0.1) is 0 Å². The van der Waals surface area contributed by atoms with Crippen LogP contribution in [-0.2, 0) is 22.2 Å². The Morgan fingerprint density at radius 1 is 1.24 bits per heavy atom. The van der Waals surface area contributed by atoms with E-state index >= 15 is 0 Å². The van der Waals surface area contributed by atoms with E-state index in [0.717, 1.165) is 22.8 Å². The standard InChI is InChI=1S/C21H20F5N5O3/c1-11-7-28-14(8-27-11)20(32)30-18(16-10-33-4-5-34-16)19-29-13-3-2-12(21(24,25)26)6-15(13)31(19)9-17(22)23/h2-3,6-8,16-18H,4-5,9-10H2,1H3,(H,30,32). The molecule has 3 aromatic rings. The van der Waals surface area contributed by atoms with Gasteiger partial charge in [-0.05, 0) is 25.1 Å². The van der Waals surface area contributed by atoms with E-state index in [-0.39, 0.29) is 35.8 Å². The predicted octanol–water partition coefficient (Wildman–Crippen LogP) is 3.31. The molecule has 0 saturated carbocycles. The van der Waals surface area contributed by atoms with Gasteiger partial charge >= 0.3 is 6.18 Å². The first-order valence-electron chi connectivity index (χ1n) is 10.3. The third kappa shape index (κ3) is 5.14. The smallest absolute Gasteiger partial charge is 0.376 e. The number of carbonyl (C=O) groups is 1. The lowest BCUT2D eigenvalue weighted by Gasteiger charge is -2.31. The number of hydrogen-bond donors (Lipinski definition) is 1. The van der Waals surface area contributed by atoms with E-state index in [2.05, 4.69) is 20.3 Å². The molecule has 2 aromatic heterocycles. The van der Waals surface area contributed by atoms with E-state index in [0.29, 0.717) is 12.3 Å². The number of amides is 1. The highest BCUT2D eigenvalue weighted by Gasteiger charge is 2.35. The van der Waals surface area contributed by atoms with Crippen molar-refractivity contribution < 1.29 is 36.2 Å². The molecule has 4 rings (SSSR count). The van der Waals surface area contributed by atoms with Gasteiger partial charge in [0.25, 0.3) is 12.3 Å². The van der Waals surface area contributed by atoms with Gasteiger partial charge < -0.3 is 19.4 Å². The Morgan fingerprint density at radius 2 is 2.03 bits per heavy atom. The van der Waals surface area contributed by atoms with Gasteiger partial charge in [-0.3, -0.25) is 9.78 Å². The number of halogens is 5. The van der Waals surface area contributed by atoms with Crippen molar-refractivity contribution in [3.8, 4) is 0 Å². The minimum absolute atomic E-state index is 0.0101. The van der Waals surface area contributed by atoms with Crippen molar-refractivity contribution in [3.63, 3.8) is 0 Å². The Balaban J connectivity index is 1.80. The Hall–Kier alpha value is -3.19. The largest absolute Gasteiger partial charge is 0.416 e. The molecule has 0 radical (unpaired) electrons. The number of aromatic nitrogens is 4. The molecule has 1 aliphatic heterocycles. The lowest BCUT2D eigenvalue weighted by molar-refractivity contribution is -0.137. The second-order valence-electron chi connectivity index (χ2n) is 7.65. The van der Waals surface area contributed by atoms with Crippen LogP contribution in [0.5, 0.6) is 0 Å². The molecule has 2 unspecified atom stereocenters. The molecule has 182 valence electrons. The highest BCUT2D eigenvalue weighted by Crippen LogP contribution is 2.33. The van der Waals surface area contributed by atoms with Gasteiger partial charge in [-0.2, -0.15) is 13.2 Å². The van der Waals surface area contributed by atoms with Crippen molar-refractivity contribution in [2.24, 2.45) is 0 Å². The van der Waals surface area contributed by atoms with Gasteiger partial charge in [0.2, 0.25) is 0 Å². The number of imidazole rings is 1. The van der Waals surface area contributed by atoms with Crippen LogP contribution >= 0.6 is 0 Å². The van der Waals surface area contributed by atoms with Gasteiger partial charge in [0.1, 0.15) is 23.7 Å². The van der Waals surface area contributed by atoms with Crippen molar-refractivity contribution in [1.29, 1.82) is 0 Å². The Bertz CT molecular complexity index is 1160. The van der Waals surface area contributed by atoms with Crippen LogP contribution in [0.4, 0.5) is 22.0 Å². The second-order valence-corrected chi connectivity index (χ2v) is 7.65. The monoisotopic (exact) mass is 485 g/mol. The highest BCUT2D eigenvalue weighted by molar-refractivity contribution is 5.92. The maximum Gasteiger partial charge on any atom is 0.416 e. The molecule has 34 heavy (non-hydrogen) atoms. The van der Waals surface area contributed by atoms with Crippen LogP contribution in [0, 0.1) is 6.92 Å². The quantitative estimate of drug-likeness (QED) is 0.539. The van der Waals surface area contributed by atoms with E-state index in [4.69, 9.17) is 9.47 Å². The summed E-state index contributed by atoms with van der Waals surface area (Å²) in [5.41, 5.74) is -0.541. The number of aryl methyl sites for hydroxylation is 1. The fourth-order valence-electron chi connectivity index (χ4n) is 3.63. The zero-order valence-electron chi connectivity index (χ0n) is 17.9. The summed E-state index contributed by atoms with van der Waals surface area (Å²) in [6.45, 7) is 1.23. The minimum atomic E-state index is -4.67. The lowest BCUT2D eigenvalue weighted by Crippen LogP contribution is -2.44. The fraction of sp³-hybridized carbons (Fsp3) is 0.429. The zero-order chi connectivity index (χ0) is 24.5. The fourth-order valence-corrected chi connectivity index (χ4v) is 3.63. The molecule has 3 heterocycles. The molecule has 0 spiro atoms. The molecule has 1 saturated heterocycles. The second kappa shape index (κ2) is 9.58. The van der Waals surface area contributed by atoms with Gasteiger partial charge in [-0.1, -0.05) is 0 Å². The van der Waals surface area contributed by atoms with Crippen molar-refractivity contribution in [2.75, 3.05) is 19.8 Å². The van der Waals surface area contributed by atoms with Crippen LogP contribution in [-0.4, -0.2) is 57.8 Å². The SMILES string of the molecule is Cc1cnc(C(=O)NC(c2nc3ccc(C(F)(F)F)cc3n2CC(F)F)C2COCCO2)cn1. The summed E-state index contributed by atoms with van der Waals surface area (Å²) >= 11 is 0. The molecular weight excluding hydrogens is 465 g/mol. The number of nitrogens with one attached hydrogen (secondary N) is 1. The summed E-state index contributed by atoms with van der Waals surface area (Å²) < 4.78 is 78.8. The Morgan fingerprint density at radius 3 is 2.65 bits per heavy atom. The molecule has 8 nitrogen and oxygen atoms in total. The van der Waals surface area contributed by atoms with Crippen molar-refractivity contribution in [2.45, 2.75) is 38.2 Å². The van der Waals surface area contributed by atoms with Crippen LogP contribution in [0.1, 0.15) is 33.6 Å². The summed E-state index contributed by atoms with van der Waals surface area (Å²) in [5, 5.41) is 2.66. The van der Waals surface area contributed by atoms with Crippen LogP contribution in [0.25, 0.3) is 11.0 Å². The summed E-state index contributed by atoms with van der Waals surface area (Å²) in [5.74, 6) is -0.767. The molecular formula is C21H20F5N5O3. The number of benzene rings is 1. The Labute approximate surface area is 190 Å². The first-order chi connectivity index (χ1) is 16.1. The average molecular weight is 485 g/mol. The van der Waals surface area contributed by atoms with Gasteiger partial charge in [-0.25, -0.2) is 18.7 Å². The minimum Gasteiger partial charge on any atom is -0.376 e. The van der Waals surface area contributed by atoms with Gasteiger partial charge in [0.05, 0.1) is 54.9 Å². The van der Waals surface area contributed by atoms with Crippen LogP contribution in [0.3, 0.4) is 0 Å². The summed E-state index contributed by atoms with van der Waals surface area (Å²) in [6.07, 6.45) is -5.77. The first kappa shape index (κ1) is 24.0. The maximum absolute atomic E-state index is 13.5. The predicted molar refractivity (Wildman–Crippen MR) is 108 cm³/mol. The van der Waals surface area contributed by atoms with E-state index in [1.165, 1.54) is 12.4 Å². The highest BCUT2D eigenvalue weighted by atomic mass is 19.4. The zero-order valence-corrected chi connectivity index (χ0v) is 17.9. The number of rotatable bonds is 6. The third-order valence-electron chi connectivity index (χ3n) is 5.22. The molecule has 1 aromatic carbocycles. The van der Waals surface area contributed by atoms with E-state index < -0.39 is 42.8 Å². The molecule has 1 fully saturated rings. The number of hydrogen-bond acceptors (Lipinski definition) is 6. The maximum atomic E-state index is 13.5. The molecule has 0 bridgehead atoms. The van der Waals surface area contributed by atoms with Crippen LogP contribution in [0.15, 0.2) is 30.6 Å². The molecule has 1 aliphatic rings. The average Bonchev–Trinajstić information content (AvgIpc) is 3.14. The molecule has 13 heteroatoms. The van der Waals surface area contributed by atoms with Crippen molar-refractivity contribution >= 4 is 16.9 Å². The van der Waals surface area contributed by atoms with E-state index in [1.807, 2.05) is 0 Å². The van der Waals surface area contributed by atoms with Crippen LogP contribution < -0.4 is 5.32 Å². The number of alkyl halides is 5. The summed E-state index contributed by atoms with van der Waals surface area (Å²) in [7, 11) is 0. The first-order valence-corrected chi connectivity index (χ1v) is 10.3. The number of fused-ring (bicyclic) bond motifs is 1. The number of ether oxygens (including phenoxy) is 2.